The predicted molar refractivity (Wildman–Crippen MR) is 85.6 cm³/mol. The summed E-state index contributed by atoms with van der Waals surface area (Å²) in [6.07, 6.45) is 2.50. The van der Waals surface area contributed by atoms with Gasteiger partial charge in [-0.1, -0.05) is 30.3 Å². The van der Waals surface area contributed by atoms with E-state index in [1.54, 1.807) is 4.90 Å². The molecule has 6 heteroatoms. The van der Waals surface area contributed by atoms with E-state index in [0.717, 1.165) is 30.8 Å². The molecule has 2 aliphatic heterocycles. The summed E-state index contributed by atoms with van der Waals surface area (Å²) in [5.74, 6) is 0.948. The topological polar surface area (TPSA) is 66.8 Å². The van der Waals surface area contributed by atoms with Gasteiger partial charge in [0.1, 0.15) is 5.84 Å². The first-order chi connectivity index (χ1) is 10.6. The lowest BCUT2D eigenvalue weighted by Crippen LogP contribution is -2.45. The van der Waals surface area contributed by atoms with Crippen LogP contribution in [0.2, 0.25) is 0 Å². The molecule has 1 atom stereocenters. The van der Waals surface area contributed by atoms with Crippen LogP contribution in [0.4, 0.5) is 0 Å². The second-order valence-electron chi connectivity index (χ2n) is 5.88. The number of nitrogens with zero attached hydrogens (tertiary/aromatic N) is 2. The minimum absolute atomic E-state index is 0.0473. The van der Waals surface area contributed by atoms with Crippen molar-refractivity contribution in [1.29, 1.82) is 0 Å². The van der Waals surface area contributed by atoms with E-state index in [2.05, 4.69) is 4.99 Å². The van der Waals surface area contributed by atoms with Gasteiger partial charge in [0.05, 0.1) is 24.0 Å². The zero-order valence-corrected chi connectivity index (χ0v) is 13.3. The lowest BCUT2D eigenvalue weighted by Gasteiger charge is -2.28. The van der Waals surface area contributed by atoms with Crippen molar-refractivity contribution in [2.75, 3.05) is 18.1 Å². The summed E-state index contributed by atoms with van der Waals surface area (Å²) >= 11 is 0. The smallest absolute Gasteiger partial charge is 0.232 e. The van der Waals surface area contributed by atoms with Gasteiger partial charge in [-0.2, -0.15) is 0 Å². The highest BCUT2D eigenvalue weighted by Crippen LogP contribution is 2.22. The molecule has 1 saturated heterocycles. The SMILES string of the molecule is O=C(Cc1ccccc1)N(C1=NCCC1)C1CCS(=O)(=O)C1. The Bertz CT molecular complexity index is 683. The molecule has 1 amide bonds. The Balaban J connectivity index is 1.81. The fourth-order valence-electron chi connectivity index (χ4n) is 3.11. The summed E-state index contributed by atoms with van der Waals surface area (Å²) in [7, 11) is -3.03. The second kappa shape index (κ2) is 6.20. The summed E-state index contributed by atoms with van der Waals surface area (Å²) < 4.78 is 23.5. The molecule has 22 heavy (non-hydrogen) atoms. The second-order valence-corrected chi connectivity index (χ2v) is 8.11. The van der Waals surface area contributed by atoms with E-state index in [0.29, 0.717) is 6.42 Å². The molecule has 0 N–H and O–H groups in total. The molecule has 5 nitrogen and oxygen atoms in total. The number of hydrogen-bond donors (Lipinski definition) is 0. The molecule has 0 spiro atoms. The number of aliphatic imine (C=N–C) groups is 1. The average molecular weight is 320 g/mol. The van der Waals surface area contributed by atoms with Crippen LogP contribution >= 0.6 is 0 Å². The monoisotopic (exact) mass is 320 g/mol. The van der Waals surface area contributed by atoms with E-state index in [1.807, 2.05) is 30.3 Å². The maximum atomic E-state index is 12.7. The van der Waals surface area contributed by atoms with Crippen molar-refractivity contribution in [1.82, 2.24) is 4.90 Å². The molecule has 0 saturated carbocycles. The molecule has 0 bridgehead atoms. The van der Waals surface area contributed by atoms with Crippen LogP contribution in [0, 0.1) is 0 Å². The molecule has 0 aliphatic carbocycles. The third-order valence-corrected chi connectivity index (χ3v) is 5.92. The fourth-order valence-corrected chi connectivity index (χ4v) is 4.81. The first-order valence-electron chi connectivity index (χ1n) is 7.65. The summed E-state index contributed by atoms with van der Waals surface area (Å²) in [6.45, 7) is 0.726. The molecule has 2 aliphatic rings. The predicted octanol–water partition coefficient (Wildman–Crippen LogP) is 1.44. The Kier molecular flexibility index (Phi) is 4.29. The molecule has 1 aromatic rings. The molecule has 1 aromatic carbocycles. The van der Waals surface area contributed by atoms with Crippen LogP contribution in [-0.2, 0) is 21.1 Å². The molecule has 3 rings (SSSR count). The minimum Gasteiger partial charge on any atom is -0.296 e. The fraction of sp³-hybridized carbons (Fsp3) is 0.500. The number of carbonyl (C=O) groups is 1. The largest absolute Gasteiger partial charge is 0.296 e. The Hall–Kier alpha value is -1.69. The van der Waals surface area contributed by atoms with Crippen molar-refractivity contribution >= 4 is 21.6 Å². The number of sulfone groups is 1. The number of benzene rings is 1. The Morgan fingerprint density at radius 1 is 1.27 bits per heavy atom. The van der Waals surface area contributed by atoms with Gasteiger partial charge < -0.3 is 0 Å². The van der Waals surface area contributed by atoms with Gasteiger partial charge >= 0.3 is 0 Å². The standard InChI is InChI=1S/C16H20N2O3S/c19-16(11-13-5-2-1-3-6-13)18(15-7-4-9-17-15)14-8-10-22(20,21)12-14/h1-3,5-6,14H,4,7-12H2. The number of amidine groups is 1. The first-order valence-corrected chi connectivity index (χ1v) is 9.47. The van der Waals surface area contributed by atoms with Crippen LogP contribution in [0.3, 0.4) is 0 Å². The Morgan fingerprint density at radius 2 is 2.05 bits per heavy atom. The summed E-state index contributed by atoms with van der Waals surface area (Å²) in [6, 6.07) is 9.30. The van der Waals surface area contributed by atoms with E-state index >= 15 is 0 Å². The van der Waals surface area contributed by atoms with Crippen LogP contribution in [0.1, 0.15) is 24.8 Å². The summed E-state index contributed by atoms with van der Waals surface area (Å²) in [5.41, 5.74) is 0.942. The maximum absolute atomic E-state index is 12.7. The van der Waals surface area contributed by atoms with Crippen LogP contribution in [0.15, 0.2) is 35.3 Å². The number of rotatable bonds is 3. The van der Waals surface area contributed by atoms with Crippen LogP contribution in [0.5, 0.6) is 0 Å². The average Bonchev–Trinajstić information content (AvgIpc) is 3.11. The summed E-state index contributed by atoms with van der Waals surface area (Å²) in [5, 5.41) is 0. The molecular weight excluding hydrogens is 300 g/mol. The lowest BCUT2D eigenvalue weighted by molar-refractivity contribution is -0.128. The van der Waals surface area contributed by atoms with Crippen molar-refractivity contribution in [2.45, 2.75) is 31.7 Å². The van der Waals surface area contributed by atoms with Gasteiger partial charge in [-0.25, -0.2) is 8.42 Å². The van der Waals surface area contributed by atoms with E-state index in [1.165, 1.54) is 0 Å². The van der Waals surface area contributed by atoms with Gasteiger partial charge in [0.25, 0.3) is 0 Å². The zero-order valence-electron chi connectivity index (χ0n) is 12.4. The van der Waals surface area contributed by atoms with Gasteiger partial charge in [-0.05, 0) is 18.4 Å². The number of carbonyl (C=O) groups excluding carboxylic acids is 1. The number of hydrogen-bond acceptors (Lipinski definition) is 4. The van der Waals surface area contributed by atoms with Gasteiger partial charge in [0.2, 0.25) is 5.91 Å². The highest BCUT2D eigenvalue weighted by Gasteiger charge is 2.37. The lowest BCUT2D eigenvalue weighted by atomic mass is 10.1. The number of amides is 1. The van der Waals surface area contributed by atoms with Gasteiger partial charge in [-0.3, -0.25) is 14.7 Å². The minimum atomic E-state index is -3.03. The third-order valence-electron chi connectivity index (χ3n) is 4.17. The Labute approximate surface area is 131 Å². The Morgan fingerprint density at radius 3 is 2.64 bits per heavy atom. The van der Waals surface area contributed by atoms with Crippen molar-refractivity contribution in [3.8, 4) is 0 Å². The zero-order chi connectivity index (χ0) is 15.6. The molecule has 118 valence electrons. The van der Waals surface area contributed by atoms with Crippen LogP contribution < -0.4 is 0 Å². The van der Waals surface area contributed by atoms with Crippen LogP contribution in [0.25, 0.3) is 0 Å². The van der Waals surface area contributed by atoms with Gasteiger partial charge in [0, 0.05) is 13.0 Å². The van der Waals surface area contributed by atoms with Crippen molar-refractivity contribution in [3.63, 3.8) is 0 Å². The quantitative estimate of drug-likeness (QED) is 0.846. The van der Waals surface area contributed by atoms with Crippen molar-refractivity contribution in [2.24, 2.45) is 4.99 Å². The summed E-state index contributed by atoms with van der Waals surface area (Å²) in [4.78, 5) is 18.8. The van der Waals surface area contributed by atoms with Gasteiger partial charge in [0.15, 0.2) is 9.84 Å². The van der Waals surface area contributed by atoms with E-state index < -0.39 is 9.84 Å². The maximum Gasteiger partial charge on any atom is 0.232 e. The molecule has 1 unspecified atom stereocenters. The first kappa shape index (κ1) is 15.2. The van der Waals surface area contributed by atoms with E-state index in [9.17, 15) is 13.2 Å². The third kappa shape index (κ3) is 3.38. The molecular formula is C16H20N2O3S. The molecule has 0 aromatic heterocycles. The highest BCUT2D eigenvalue weighted by molar-refractivity contribution is 7.91. The normalized spacial score (nSPS) is 23.3. The van der Waals surface area contributed by atoms with Crippen molar-refractivity contribution in [3.05, 3.63) is 35.9 Å². The molecule has 1 fully saturated rings. The van der Waals surface area contributed by atoms with Crippen LogP contribution in [-0.4, -0.2) is 49.2 Å². The van der Waals surface area contributed by atoms with E-state index in [-0.39, 0.29) is 29.9 Å². The van der Waals surface area contributed by atoms with E-state index in [4.69, 9.17) is 0 Å². The molecule has 0 radical (unpaired) electrons. The van der Waals surface area contributed by atoms with Crippen molar-refractivity contribution < 1.29 is 13.2 Å². The highest BCUT2D eigenvalue weighted by atomic mass is 32.2. The molecule has 2 heterocycles. The van der Waals surface area contributed by atoms with Gasteiger partial charge in [-0.15, -0.1) is 0 Å².